The van der Waals surface area contributed by atoms with E-state index in [4.69, 9.17) is 17.0 Å². The summed E-state index contributed by atoms with van der Waals surface area (Å²) in [6, 6.07) is 13.4. The first-order chi connectivity index (χ1) is 12.5. The van der Waals surface area contributed by atoms with Gasteiger partial charge in [0.15, 0.2) is 4.32 Å². The van der Waals surface area contributed by atoms with Crippen molar-refractivity contribution in [3.63, 3.8) is 0 Å². The summed E-state index contributed by atoms with van der Waals surface area (Å²) in [4.78, 5) is 14.6. The van der Waals surface area contributed by atoms with Gasteiger partial charge < -0.3 is 4.74 Å². The van der Waals surface area contributed by atoms with E-state index in [0.29, 0.717) is 14.9 Å². The molecule has 1 fully saturated rings. The molecule has 0 aromatic heterocycles. The molecule has 0 aliphatic carbocycles. The molecule has 2 aromatic rings. The Morgan fingerprint density at radius 2 is 2.04 bits per heavy atom. The number of rotatable bonds is 5. The number of para-hydroxylation sites is 1. The Hall–Kier alpha value is -2.18. The molecule has 0 unspecified atom stereocenters. The van der Waals surface area contributed by atoms with E-state index in [2.05, 4.69) is 6.92 Å². The molecular weight excluding hydrogens is 369 g/mol. The molecule has 1 heterocycles. The minimum atomic E-state index is -0.409. The van der Waals surface area contributed by atoms with Crippen LogP contribution in [-0.4, -0.2) is 16.3 Å². The molecular formula is C20H18FNO2S2. The van der Waals surface area contributed by atoms with Crippen LogP contribution in [0.5, 0.6) is 5.75 Å². The molecule has 26 heavy (non-hydrogen) atoms. The molecule has 1 amide bonds. The second kappa shape index (κ2) is 8.01. The maximum Gasteiger partial charge on any atom is 0.270 e. The molecule has 134 valence electrons. The van der Waals surface area contributed by atoms with Gasteiger partial charge in [-0.3, -0.25) is 9.69 Å². The van der Waals surface area contributed by atoms with Crippen LogP contribution < -0.4 is 9.64 Å². The lowest BCUT2D eigenvalue weighted by Crippen LogP contribution is -2.27. The summed E-state index contributed by atoms with van der Waals surface area (Å²) in [6.07, 6.45) is 2.73. The number of nitrogens with zero attached hydrogens (tertiary/aromatic N) is 1. The Balaban J connectivity index is 1.92. The molecule has 0 saturated carbocycles. The van der Waals surface area contributed by atoms with E-state index in [1.54, 1.807) is 18.2 Å². The SMILES string of the molecule is CC[C@@H](C)Oc1ccccc1/C=C1\SC(=S)N(c2cccc(F)c2)C1=O. The quantitative estimate of drug-likeness (QED) is 0.507. The summed E-state index contributed by atoms with van der Waals surface area (Å²) in [6.45, 7) is 4.05. The van der Waals surface area contributed by atoms with Crippen molar-refractivity contribution in [3.05, 3.63) is 64.8 Å². The average Bonchev–Trinajstić information content (AvgIpc) is 2.90. The van der Waals surface area contributed by atoms with Crippen LogP contribution >= 0.6 is 24.0 Å². The molecule has 0 N–H and O–H groups in total. The van der Waals surface area contributed by atoms with E-state index < -0.39 is 5.82 Å². The van der Waals surface area contributed by atoms with Crippen LogP contribution in [0.4, 0.5) is 10.1 Å². The second-order valence-electron chi connectivity index (χ2n) is 5.87. The van der Waals surface area contributed by atoms with Crippen LogP contribution in [0, 0.1) is 5.82 Å². The van der Waals surface area contributed by atoms with Crippen LogP contribution in [0.3, 0.4) is 0 Å². The van der Waals surface area contributed by atoms with E-state index in [0.717, 1.165) is 17.7 Å². The average molecular weight is 388 g/mol. The van der Waals surface area contributed by atoms with Crippen molar-refractivity contribution >= 4 is 46.0 Å². The summed E-state index contributed by atoms with van der Waals surface area (Å²) in [5, 5.41) is 0. The van der Waals surface area contributed by atoms with Gasteiger partial charge in [-0.25, -0.2) is 4.39 Å². The first kappa shape index (κ1) is 18.6. The zero-order valence-electron chi connectivity index (χ0n) is 14.4. The molecule has 2 aromatic carbocycles. The van der Waals surface area contributed by atoms with Crippen LogP contribution in [0.2, 0.25) is 0 Å². The number of carbonyl (C=O) groups is 1. The fourth-order valence-corrected chi connectivity index (χ4v) is 3.74. The first-order valence-corrected chi connectivity index (χ1v) is 9.51. The number of amides is 1. The van der Waals surface area contributed by atoms with Gasteiger partial charge in [-0.1, -0.05) is 55.2 Å². The zero-order valence-corrected chi connectivity index (χ0v) is 16.1. The number of halogens is 1. The summed E-state index contributed by atoms with van der Waals surface area (Å²) >= 11 is 6.53. The largest absolute Gasteiger partial charge is 0.490 e. The number of ether oxygens (including phenoxy) is 1. The van der Waals surface area contributed by atoms with Gasteiger partial charge in [0.2, 0.25) is 0 Å². The third-order valence-electron chi connectivity index (χ3n) is 3.97. The zero-order chi connectivity index (χ0) is 18.7. The molecule has 0 radical (unpaired) electrons. The highest BCUT2D eigenvalue weighted by Gasteiger charge is 2.33. The van der Waals surface area contributed by atoms with Gasteiger partial charge in [0, 0.05) is 5.56 Å². The number of hydrogen-bond donors (Lipinski definition) is 0. The number of thioether (sulfide) groups is 1. The van der Waals surface area contributed by atoms with Gasteiger partial charge in [0.1, 0.15) is 11.6 Å². The van der Waals surface area contributed by atoms with Crippen molar-refractivity contribution in [2.75, 3.05) is 4.90 Å². The smallest absolute Gasteiger partial charge is 0.270 e. The van der Waals surface area contributed by atoms with E-state index in [9.17, 15) is 9.18 Å². The van der Waals surface area contributed by atoms with Gasteiger partial charge >= 0.3 is 0 Å². The Labute approximate surface area is 161 Å². The van der Waals surface area contributed by atoms with E-state index in [-0.39, 0.29) is 12.0 Å². The highest BCUT2D eigenvalue weighted by molar-refractivity contribution is 8.27. The summed E-state index contributed by atoms with van der Waals surface area (Å²) in [5.74, 6) is 0.0506. The second-order valence-corrected chi connectivity index (χ2v) is 7.55. The van der Waals surface area contributed by atoms with Crippen LogP contribution in [-0.2, 0) is 4.79 Å². The van der Waals surface area contributed by atoms with Crippen molar-refractivity contribution in [2.45, 2.75) is 26.4 Å². The Kier molecular flexibility index (Phi) is 5.74. The van der Waals surface area contributed by atoms with Crippen molar-refractivity contribution in [1.82, 2.24) is 0 Å². The lowest BCUT2D eigenvalue weighted by molar-refractivity contribution is -0.113. The van der Waals surface area contributed by atoms with E-state index in [1.807, 2.05) is 31.2 Å². The predicted molar refractivity (Wildman–Crippen MR) is 109 cm³/mol. The fourth-order valence-electron chi connectivity index (χ4n) is 2.45. The number of carbonyl (C=O) groups excluding carboxylic acids is 1. The topological polar surface area (TPSA) is 29.5 Å². The third-order valence-corrected chi connectivity index (χ3v) is 5.27. The maximum atomic E-state index is 13.5. The van der Waals surface area contributed by atoms with Gasteiger partial charge in [-0.15, -0.1) is 0 Å². The molecule has 1 saturated heterocycles. The van der Waals surface area contributed by atoms with Crippen LogP contribution in [0.25, 0.3) is 6.08 Å². The maximum absolute atomic E-state index is 13.5. The van der Waals surface area contributed by atoms with Crippen molar-refractivity contribution < 1.29 is 13.9 Å². The number of hydrogen-bond acceptors (Lipinski definition) is 4. The van der Waals surface area contributed by atoms with Crippen LogP contribution in [0.1, 0.15) is 25.8 Å². The Bertz CT molecular complexity index is 882. The molecule has 0 bridgehead atoms. The molecule has 1 atom stereocenters. The lowest BCUT2D eigenvalue weighted by Gasteiger charge is -2.15. The van der Waals surface area contributed by atoms with E-state index in [1.165, 1.54) is 28.8 Å². The number of anilines is 1. The van der Waals surface area contributed by atoms with E-state index >= 15 is 0 Å². The summed E-state index contributed by atoms with van der Waals surface area (Å²) in [5.41, 5.74) is 1.24. The standard InChI is InChI=1S/C20H18FNO2S2/c1-3-13(2)24-17-10-5-4-7-14(17)11-18-19(23)22(20(25)26-18)16-9-6-8-15(21)12-16/h4-13H,3H2,1-2H3/b18-11-/t13-/m1/s1. The molecule has 6 heteroatoms. The molecule has 0 spiro atoms. The van der Waals surface area contributed by atoms with Gasteiger partial charge in [0.05, 0.1) is 16.7 Å². The number of benzene rings is 2. The minimum absolute atomic E-state index is 0.0753. The Morgan fingerprint density at radius 3 is 2.77 bits per heavy atom. The summed E-state index contributed by atoms with van der Waals surface area (Å²) in [7, 11) is 0. The lowest BCUT2D eigenvalue weighted by atomic mass is 10.1. The molecule has 1 aliphatic heterocycles. The summed E-state index contributed by atoms with van der Waals surface area (Å²) < 4.78 is 19.8. The third kappa shape index (κ3) is 3.97. The monoisotopic (exact) mass is 387 g/mol. The molecule has 3 rings (SSSR count). The van der Waals surface area contributed by atoms with Crippen molar-refractivity contribution in [1.29, 1.82) is 0 Å². The number of thiocarbonyl (C=S) groups is 1. The predicted octanol–water partition coefficient (Wildman–Crippen LogP) is 5.41. The van der Waals surface area contributed by atoms with Gasteiger partial charge in [0.25, 0.3) is 5.91 Å². The first-order valence-electron chi connectivity index (χ1n) is 8.28. The fraction of sp³-hybridized carbons (Fsp3) is 0.200. The van der Waals surface area contributed by atoms with Crippen molar-refractivity contribution in [2.24, 2.45) is 0 Å². The highest BCUT2D eigenvalue weighted by atomic mass is 32.2. The highest BCUT2D eigenvalue weighted by Crippen LogP contribution is 2.37. The minimum Gasteiger partial charge on any atom is -0.490 e. The van der Waals surface area contributed by atoms with Gasteiger partial charge in [-0.05, 0) is 43.7 Å². The molecule has 1 aliphatic rings. The van der Waals surface area contributed by atoms with Gasteiger partial charge in [-0.2, -0.15) is 0 Å². The Morgan fingerprint density at radius 1 is 1.27 bits per heavy atom. The normalized spacial score (nSPS) is 17.0. The van der Waals surface area contributed by atoms with Crippen LogP contribution in [0.15, 0.2) is 53.4 Å². The molecule has 3 nitrogen and oxygen atoms in total. The van der Waals surface area contributed by atoms with Crippen molar-refractivity contribution in [3.8, 4) is 5.75 Å².